The van der Waals surface area contributed by atoms with Gasteiger partial charge in [0.2, 0.25) is 10.0 Å². The van der Waals surface area contributed by atoms with Crippen molar-refractivity contribution in [3.63, 3.8) is 0 Å². The van der Waals surface area contributed by atoms with Gasteiger partial charge in [-0.3, -0.25) is 0 Å². The van der Waals surface area contributed by atoms with E-state index in [2.05, 4.69) is 11.6 Å². The Morgan fingerprint density at radius 1 is 1.56 bits per heavy atom. The lowest BCUT2D eigenvalue weighted by Crippen LogP contribution is -2.26. The minimum Gasteiger partial charge on any atom is -0.352 e. The zero-order chi connectivity index (χ0) is 13.3. The van der Waals surface area contributed by atoms with Crippen LogP contribution in [0.3, 0.4) is 0 Å². The molecule has 1 aliphatic carbocycles. The molecule has 0 aliphatic heterocycles. The van der Waals surface area contributed by atoms with Gasteiger partial charge in [-0.15, -0.1) is 0 Å². The molecule has 2 unspecified atom stereocenters. The van der Waals surface area contributed by atoms with Crippen molar-refractivity contribution in [3.8, 4) is 0 Å². The summed E-state index contributed by atoms with van der Waals surface area (Å²) in [5.74, 6) is 0.516. The minimum atomic E-state index is -3.39. The molecule has 1 aromatic heterocycles. The van der Waals surface area contributed by atoms with Crippen LogP contribution >= 0.6 is 0 Å². The maximum atomic E-state index is 12.1. The van der Waals surface area contributed by atoms with Crippen LogP contribution in [0, 0.1) is 5.92 Å². The second-order valence-corrected chi connectivity index (χ2v) is 6.71. The monoisotopic (exact) mass is 271 g/mol. The van der Waals surface area contributed by atoms with E-state index in [1.54, 1.807) is 23.9 Å². The molecule has 0 bridgehead atoms. The topological polar surface area (TPSA) is 77.1 Å². The van der Waals surface area contributed by atoms with Crippen molar-refractivity contribution < 1.29 is 8.42 Å². The van der Waals surface area contributed by atoms with E-state index in [4.69, 9.17) is 5.73 Å². The Kier molecular flexibility index (Phi) is 3.79. The molecule has 5 nitrogen and oxygen atoms in total. The minimum absolute atomic E-state index is 0.122. The molecule has 102 valence electrons. The number of nitrogens with one attached hydrogen (secondary N) is 1. The van der Waals surface area contributed by atoms with E-state index in [0.29, 0.717) is 17.4 Å². The second-order valence-electron chi connectivity index (χ2n) is 4.99. The average Bonchev–Trinajstić information content (AvgIpc) is 2.88. The predicted octanol–water partition coefficient (Wildman–Crippen LogP) is 0.951. The van der Waals surface area contributed by atoms with Crippen LogP contribution in [0.2, 0.25) is 0 Å². The Morgan fingerprint density at radius 2 is 2.28 bits per heavy atom. The maximum Gasteiger partial charge on any atom is 0.242 e. The molecule has 1 aliphatic rings. The van der Waals surface area contributed by atoms with Crippen molar-refractivity contribution in [2.75, 3.05) is 0 Å². The van der Waals surface area contributed by atoms with E-state index in [0.717, 1.165) is 25.0 Å². The number of sulfonamides is 1. The van der Waals surface area contributed by atoms with E-state index < -0.39 is 10.0 Å². The zero-order valence-electron chi connectivity index (χ0n) is 10.9. The number of hydrogen-bond donors (Lipinski definition) is 2. The number of nitrogens with zero attached hydrogens (tertiary/aromatic N) is 1. The highest BCUT2D eigenvalue weighted by atomic mass is 32.2. The van der Waals surface area contributed by atoms with Gasteiger partial charge in [0.15, 0.2) is 0 Å². The van der Waals surface area contributed by atoms with Gasteiger partial charge in [-0.2, -0.15) is 0 Å². The fourth-order valence-corrected chi connectivity index (χ4v) is 3.69. The van der Waals surface area contributed by atoms with Crippen molar-refractivity contribution in [3.05, 3.63) is 18.0 Å². The highest BCUT2D eigenvalue weighted by Gasteiger charge is 2.39. The molecule has 1 saturated carbocycles. The van der Waals surface area contributed by atoms with Crippen LogP contribution in [0.5, 0.6) is 0 Å². The van der Waals surface area contributed by atoms with Crippen LogP contribution in [0.1, 0.15) is 31.9 Å². The number of hydrogen-bond acceptors (Lipinski definition) is 3. The first-order valence-corrected chi connectivity index (χ1v) is 7.84. The molecule has 18 heavy (non-hydrogen) atoms. The van der Waals surface area contributed by atoms with Gasteiger partial charge < -0.3 is 10.3 Å². The molecular weight excluding hydrogens is 250 g/mol. The lowest BCUT2D eigenvalue weighted by molar-refractivity contribution is 0.573. The first-order valence-electron chi connectivity index (χ1n) is 6.35. The molecule has 6 heteroatoms. The van der Waals surface area contributed by atoms with Crippen LogP contribution in [0.15, 0.2) is 17.2 Å². The Morgan fingerprint density at radius 3 is 2.83 bits per heavy atom. The average molecular weight is 271 g/mol. The van der Waals surface area contributed by atoms with Gasteiger partial charge in [-0.05, 0) is 24.8 Å². The Bertz CT molecular complexity index is 521. The van der Waals surface area contributed by atoms with Gasteiger partial charge in [-0.1, -0.05) is 13.3 Å². The third-order valence-electron chi connectivity index (χ3n) is 3.49. The van der Waals surface area contributed by atoms with Gasteiger partial charge >= 0.3 is 0 Å². The lowest BCUT2D eigenvalue weighted by Gasteiger charge is -2.03. The molecule has 2 rings (SSSR count). The molecule has 1 aromatic rings. The summed E-state index contributed by atoms with van der Waals surface area (Å²) in [6, 6.07) is 1.76. The Labute approximate surface area is 108 Å². The summed E-state index contributed by atoms with van der Waals surface area (Å²) in [5, 5.41) is 0. The number of aryl methyl sites for hydroxylation is 1. The van der Waals surface area contributed by atoms with Gasteiger partial charge in [0.1, 0.15) is 0 Å². The van der Waals surface area contributed by atoms with Crippen LogP contribution in [-0.2, 0) is 23.6 Å². The zero-order valence-corrected chi connectivity index (χ0v) is 11.7. The highest BCUT2D eigenvalue weighted by Crippen LogP contribution is 2.35. The van der Waals surface area contributed by atoms with Crippen LogP contribution in [-0.4, -0.2) is 19.0 Å². The van der Waals surface area contributed by atoms with E-state index in [1.807, 2.05) is 0 Å². The van der Waals surface area contributed by atoms with E-state index in [9.17, 15) is 8.42 Å². The van der Waals surface area contributed by atoms with Crippen molar-refractivity contribution in [1.29, 1.82) is 0 Å². The second kappa shape index (κ2) is 5.03. The van der Waals surface area contributed by atoms with Crippen molar-refractivity contribution in [2.45, 2.75) is 43.7 Å². The van der Waals surface area contributed by atoms with Gasteiger partial charge in [0.25, 0.3) is 0 Å². The van der Waals surface area contributed by atoms with Gasteiger partial charge in [0, 0.05) is 31.5 Å². The summed E-state index contributed by atoms with van der Waals surface area (Å²) < 4.78 is 28.8. The molecule has 0 amide bonds. The van der Waals surface area contributed by atoms with E-state index in [-0.39, 0.29) is 6.04 Å². The van der Waals surface area contributed by atoms with Crippen molar-refractivity contribution >= 4 is 10.0 Å². The number of aromatic nitrogens is 1. The molecule has 1 heterocycles. The van der Waals surface area contributed by atoms with E-state index >= 15 is 0 Å². The van der Waals surface area contributed by atoms with Crippen LogP contribution in [0.4, 0.5) is 0 Å². The first kappa shape index (κ1) is 13.6. The molecule has 3 N–H and O–H groups in total. The fraction of sp³-hybridized carbons (Fsp3) is 0.667. The summed E-state index contributed by atoms with van der Waals surface area (Å²) in [7, 11) is -1.58. The largest absolute Gasteiger partial charge is 0.352 e. The quantitative estimate of drug-likeness (QED) is 0.808. The van der Waals surface area contributed by atoms with Gasteiger partial charge in [0.05, 0.1) is 4.90 Å². The summed E-state index contributed by atoms with van der Waals surface area (Å²) in [4.78, 5) is 0.313. The summed E-state index contributed by atoms with van der Waals surface area (Å²) in [5.41, 5.74) is 6.36. The van der Waals surface area contributed by atoms with Crippen molar-refractivity contribution in [2.24, 2.45) is 18.7 Å². The molecule has 1 fully saturated rings. The summed E-state index contributed by atoms with van der Waals surface area (Å²) in [6.07, 6.45) is 4.77. The smallest absolute Gasteiger partial charge is 0.242 e. The molecular formula is C12H21N3O2S. The molecule has 0 aromatic carbocycles. The maximum absolute atomic E-state index is 12.1. The first-order chi connectivity index (χ1) is 8.47. The molecule has 0 radical (unpaired) electrons. The predicted molar refractivity (Wildman–Crippen MR) is 70.4 cm³/mol. The molecule has 2 atom stereocenters. The standard InChI is InChI=1S/C12H21N3O2S/c1-3-4-9-5-12(9)14-18(16,17)11-6-10(7-13)15(2)8-11/h6,8-9,12,14H,3-5,7,13H2,1-2H3. The third-order valence-corrected chi connectivity index (χ3v) is 4.95. The summed E-state index contributed by atoms with van der Waals surface area (Å²) in [6.45, 7) is 2.46. The van der Waals surface area contributed by atoms with Crippen molar-refractivity contribution in [1.82, 2.24) is 9.29 Å². The number of nitrogens with two attached hydrogens (primary N) is 1. The third kappa shape index (κ3) is 2.76. The molecule has 0 saturated heterocycles. The van der Waals surface area contributed by atoms with E-state index in [1.165, 1.54) is 0 Å². The SMILES string of the molecule is CCCC1CC1NS(=O)(=O)c1cc(CN)n(C)c1. The highest BCUT2D eigenvalue weighted by molar-refractivity contribution is 7.89. The fourth-order valence-electron chi connectivity index (χ4n) is 2.28. The lowest BCUT2D eigenvalue weighted by atomic mass is 10.2. The Balaban J connectivity index is 2.07. The molecule has 0 spiro atoms. The normalized spacial score (nSPS) is 23.3. The number of rotatable bonds is 6. The van der Waals surface area contributed by atoms with Crippen LogP contribution in [0.25, 0.3) is 0 Å². The Hall–Kier alpha value is -0.850. The van der Waals surface area contributed by atoms with Crippen LogP contribution < -0.4 is 10.5 Å². The van der Waals surface area contributed by atoms with Gasteiger partial charge in [-0.25, -0.2) is 13.1 Å². The summed E-state index contributed by atoms with van der Waals surface area (Å²) >= 11 is 0.